The Hall–Kier alpha value is -3.97. The Morgan fingerprint density at radius 3 is 2.32 bits per heavy atom. The second kappa shape index (κ2) is 10.2. The topological polar surface area (TPSA) is 82.1 Å². The molecule has 0 bridgehead atoms. The number of hydrogen-bond acceptors (Lipinski definition) is 4. The second-order valence-corrected chi connectivity index (χ2v) is 9.87. The first kappa shape index (κ1) is 24.7. The van der Waals surface area contributed by atoms with Gasteiger partial charge < -0.3 is 10.2 Å². The zero-order chi connectivity index (χ0) is 26.1. The summed E-state index contributed by atoms with van der Waals surface area (Å²) >= 11 is 6.16. The number of carbonyl (C=O) groups excluding carboxylic acids is 3. The van der Waals surface area contributed by atoms with Crippen molar-refractivity contribution in [1.29, 1.82) is 0 Å². The fraction of sp³-hybridized carbons (Fsp3) is 0.241. The molecule has 1 fully saturated rings. The highest BCUT2D eigenvalue weighted by atomic mass is 35.5. The van der Waals surface area contributed by atoms with Gasteiger partial charge in [-0.15, -0.1) is 0 Å². The predicted molar refractivity (Wildman–Crippen MR) is 143 cm³/mol. The number of rotatable bonds is 4. The largest absolute Gasteiger partial charge is 0.353 e. The summed E-state index contributed by atoms with van der Waals surface area (Å²) in [4.78, 5) is 48.0. The van der Waals surface area contributed by atoms with E-state index in [1.807, 2.05) is 62.4 Å². The third-order valence-electron chi connectivity index (χ3n) is 6.66. The van der Waals surface area contributed by atoms with Gasteiger partial charge in [0.1, 0.15) is 12.6 Å². The average Bonchev–Trinajstić information content (AvgIpc) is 3.29. The zero-order valence-corrected chi connectivity index (χ0v) is 21.4. The van der Waals surface area contributed by atoms with Gasteiger partial charge in [-0.3, -0.25) is 19.5 Å². The van der Waals surface area contributed by atoms with Gasteiger partial charge in [-0.2, -0.15) is 0 Å². The van der Waals surface area contributed by atoms with E-state index in [1.54, 1.807) is 24.3 Å². The van der Waals surface area contributed by atoms with Crippen molar-refractivity contribution in [3.63, 3.8) is 0 Å². The van der Waals surface area contributed by atoms with Gasteiger partial charge in [-0.05, 0) is 43.2 Å². The lowest BCUT2D eigenvalue weighted by Gasteiger charge is -2.35. The van der Waals surface area contributed by atoms with Crippen LogP contribution in [-0.4, -0.2) is 53.0 Å². The number of amides is 3. The van der Waals surface area contributed by atoms with E-state index in [4.69, 9.17) is 16.6 Å². The maximum Gasteiger partial charge on any atom is 0.326 e. The van der Waals surface area contributed by atoms with Crippen LogP contribution in [0, 0.1) is 13.8 Å². The zero-order valence-electron chi connectivity index (χ0n) is 20.6. The minimum Gasteiger partial charge on any atom is -0.353 e. The Balaban J connectivity index is 1.67. The third-order valence-corrected chi connectivity index (χ3v) is 6.91. The monoisotopic (exact) mass is 514 g/mol. The van der Waals surface area contributed by atoms with Crippen molar-refractivity contribution in [1.82, 2.24) is 15.1 Å². The molecule has 8 heteroatoms. The Kier molecular flexibility index (Phi) is 6.80. The third kappa shape index (κ3) is 5.00. The van der Waals surface area contributed by atoms with Crippen molar-refractivity contribution in [2.45, 2.75) is 25.9 Å². The molecule has 5 rings (SSSR count). The van der Waals surface area contributed by atoms with Crippen LogP contribution in [-0.2, 0) is 4.79 Å². The summed E-state index contributed by atoms with van der Waals surface area (Å²) in [5, 5.41) is 3.34. The maximum atomic E-state index is 14.1. The van der Waals surface area contributed by atoms with Crippen LogP contribution in [0.2, 0.25) is 5.02 Å². The van der Waals surface area contributed by atoms with E-state index in [0.29, 0.717) is 23.7 Å². The normalized spacial score (nSPS) is 19.4. The first-order valence-corrected chi connectivity index (χ1v) is 12.6. The number of aryl methyl sites for hydroxylation is 2. The molecule has 0 saturated carbocycles. The van der Waals surface area contributed by atoms with Gasteiger partial charge in [0.25, 0.3) is 0 Å². The molecular formula is C29H27ClN4O3. The lowest BCUT2D eigenvalue weighted by molar-refractivity contribution is -0.123. The number of piperazine rings is 1. The van der Waals surface area contributed by atoms with Crippen LogP contribution in [0.15, 0.2) is 77.8 Å². The Morgan fingerprint density at radius 1 is 0.946 bits per heavy atom. The summed E-state index contributed by atoms with van der Waals surface area (Å²) in [7, 11) is 0. The molecule has 2 heterocycles. The SMILES string of the molecule is Cc1cccc(C(=O)C2=NC(c3ccc(Cl)cc3)C(c3cccc(C)c3)N2C(=O)N2CCNC(=O)C2)c1. The number of hydrogen-bond donors (Lipinski definition) is 1. The number of ketones is 1. The number of urea groups is 1. The fourth-order valence-electron chi connectivity index (χ4n) is 4.89. The Labute approximate surface area is 220 Å². The van der Waals surface area contributed by atoms with E-state index in [-0.39, 0.29) is 24.1 Å². The molecule has 1 saturated heterocycles. The quantitative estimate of drug-likeness (QED) is 0.503. The van der Waals surface area contributed by atoms with E-state index in [0.717, 1.165) is 22.3 Å². The van der Waals surface area contributed by atoms with E-state index in [2.05, 4.69) is 5.32 Å². The molecule has 3 aromatic carbocycles. The lowest BCUT2D eigenvalue weighted by atomic mass is 9.93. The van der Waals surface area contributed by atoms with E-state index < -0.39 is 18.1 Å². The maximum absolute atomic E-state index is 14.1. The molecule has 1 N–H and O–H groups in total. The summed E-state index contributed by atoms with van der Waals surface area (Å²) in [6, 6.07) is 20.9. The van der Waals surface area contributed by atoms with Gasteiger partial charge in [-0.25, -0.2) is 4.79 Å². The van der Waals surface area contributed by atoms with Crippen molar-refractivity contribution in [2.24, 2.45) is 4.99 Å². The molecule has 188 valence electrons. The molecule has 2 aliphatic heterocycles. The van der Waals surface area contributed by atoms with Crippen molar-refractivity contribution < 1.29 is 14.4 Å². The molecule has 2 unspecified atom stereocenters. The minimum atomic E-state index is -0.581. The van der Waals surface area contributed by atoms with Gasteiger partial charge in [0.15, 0.2) is 5.84 Å². The number of amidine groups is 1. The fourth-order valence-corrected chi connectivity index (χ4v) is 5.01. The molecule has 0 aromatic heterocycles. The summed E-state index contributed by atoms with van der Waals surface area (Å²) in [5.41, 5.74) is 4.09. The molecule has 3 aromatic rings. The van der Waals surface area contributed by atoms with Crippen LogP contribution in [0.5, 0.6) is 0 Å². The van der Waals surface area contributed by atoms with Crippen molar-refractivity contribution >= 4 is 35.2 Å². The highest BCUT2D eigenvalue weighted by Crippen LogP contribution is 2.43. The highest BCUT2D eigenvalue weighted by Gasteiger charge is 2.46. The van der Waals surface area contributed by atoms with E-state index in [1.165, 1.54) is 9.80 Å². The van der Waals surface area contributed by atoms with Crippen LogP contribution < -0.4 is 5.32 Å². The molecule has 37 heavy (non-hydrogen) atoms. The first-order chi connectivity index (χ1) is 17.8. The molecule has 7 nitrogen and oxygen atoms in total. The summed E-state index contributed by atoms with van der Waals surface area (Å²) < 4.78 is 0. The lowest BCUT2D eigenvalue weighted by Crippen LogP contribution is -2.55. The van der Waals surface area contributed by atoms with Gasteiger partial charge in [0, 0.05) is 23.7 Å². The van der Waals surface area contributed by atoms with Crippen LogP contribution in [0.1, 0.15) is 44.7 Å². The van der Waals surface area contributed by atoms with E-state index in [9.17, 15) is 14.4 Å². The summed E-state index contributed by atoms with van der Waals surface area (Å²) in [6.45, 7) is 4.52. The van der Waals surface area contributed by atoms with Gasteiger partial charge in [0.05, 0.1) is 6.04 Å². The standard InChI is InChI=1S/C29H27ClN4O3/c1-18-5-3-7-21(15-18)26-25(20-9-11-23(30)12-10-20)32-28(27(36)22-8-4-6-19(2)16-22)34(26)29(37)33-14-13-31-24(35)17-33/h3-12,15-16,25-26H,13-14,17H2,1-2H3,(H,31,35). The van der Waals surface area contributed by atoms with Gasteiger partial charge >= 0.3 is 6.03 Å². The number of nitrogens with one attached hydrogen (secondary N) is 1. The second-order valence-electron chi connectivity index (χ2n) is 9.43. The number of benzene rings is 3. The average molecular weight is 515 g/mol. The first-order valence-electron chi connectivity index (χ1n) is 12.2. The smallest absolute Gasteiger partial charge is 0.326 e. The van der Waals surface area contributed by atoms with Crippen LogP contribution in [0.4, 0.5) is 4.79 Å². The van der Waals surface area contributed by atoms with Crippen molar-refractivity contribution in [3.05, 3.63) is 106 Å². The highest BCUT2D eigenvalue weighted by molar-refractivity contribution is 6.47. The van der Waals surface area contributed by atoms with E-state index >= 15 is 0 Å². The number of aliphatic imine (C=N–C) groups is 1. The van der Waals surface area contributed by atoms with Crippen LogP contribution in [0.3, 0.4) is 0 Å². The molecule has 2 aliphatic rings. The van der Waals surface area contributed by atoms with Crippen molar-refractivity contribution in [3.8, 4) is 0 Å². The van der Waals surface area contributed by atoms with Gasteiger partial charge in [-0.1, -0.05) is 77.3 Å². The number of nitrogens with zero attached hydrogens (tertiary/aromatic N) is 3. The number of Topliss-reactive ketones (excluding diaryl/α,β-unsaturated/α-hetero) is 1. The molecular weight excluding hydrogens is 488 g/mol. The Bertz CT molecular complexity index is 1400. The Morgan fingerprint density at radius 2 is 1.65 bits per heavy atom. The van der Waals surface area contributed by atoms with Crippen LogP contribution in [0.25, 0.3) is 0 Å². The van der Waals surface area contributed by atoms with Crippen molar-refractivity contribution in [2.75, 3.05) is 19.6 Å². The number of halogens is 1. The molecule has 0 aliphatic carbocycles. The summed E-state index contributed by atoms with van der Waals surface area (Å²) in [5.74, 6) is -0.510. The molecule has 0 radical (unpaired) electrons. The van der Waals surface area contributed by atoms with Crippen LogP contribution >= 0.6 is 11.6 Å². The molecule has 0 spiro atoms. The van der Waals surface area contributed by atoms with Gasteiger partial charge in [0.2, 0.25) is 11.7 Å². The molecule has 2 atom stereocenters. The minimum absolute atomic E-state index is 0.0630. The molecule has 3 amide bonds. The predicted octanol–water partition coefficient (Wildman–Crippen LogP) is 4.89. The summed E-state index contributed by atoms with van der Waals surface area (Å²) in [6.07, 6.45) is 0. The number of carbonyl (C=O) groups is 3.